The van der Waals surface area contributed by atoms with Gasteiger partial charge in [0.25, 0.3) is 0 Å². The molecule has 5 heteroatoms. The first-order valence-corrected chi connectivity index (χ1v) is 8.26. The molecule has 0 aromatic heterocycles. The number of hydrogen-bond donors (Lipinski definition) is 1. The molecule has 0 aliphatic carbocycles. The lowest BCUT2D eigenvalue weighted by molar-refractivity contribution is 0.622. The monoisotopic (exact) mass is 316 g/mol. The Labute approximate surface area is 129 Å². The zero-order valence-corrected chi connectivity index (χ0v) is 13.4. The number of benzene rings is 1. The van der Waals surface area contributed by atoms with Crippen molar-refractivity contribution in [2.75, 3.05) is 5.75 Å². The highest BCUT2D eigenvalue weighted by Gasteiger charge is 2.17. The lowest BCUT2D eigenvalue weighted by atomic mass is 10.1. The highest BCUT2D eigenvalue weighted by Crippen LogP contribution is 2.27. The Morgan fingerprint density at radius 2 is 2.26 bits per heavy atom. The lowest BCUT2D eigenvalue weighted by Gasteiger charge is -2.23. The van der Waals surface area contributed by atoms with E-state index in [1.54, 1.807) is 17.8 Å². The van der Waals surface area contributed by atoms with E-state index in [0.29, 0.717) is 16.1 Å². The summed E-state index contributed by atoms with van der Waals surface area (Å²) >= 11 is 13.9. The largest absolute Gasteiger partial charge is 0.358 e. The standard InChI is InChI=1S/C14H18Cl2N2S/c1-3-11-6-7-19-14(18-11)17-9(2)12-5-4-10(15)8-13(12)16/h4-5,8-9,11H,3,6-7H2,1-2H3,(H,17,18). The maximum Gasteiger partial charge on any atom is 0.157 e. The Morgan fingerprint density at radius 3 is 2.95 bits per heavy atom. The average molecular weight is 317 g/mol. The van der Waals surface area contributed by atoms with Gasteiger partial charge in [0.05, 0.1) is 12.1 Å². The molecule has 2 nitrogen and oxygen atoms in total. The predicted octanol–water partition coefficient (Wildman–Crippen LogP) is 4.92. The first-order chi connectivity index (χ1) is 9.10. The molecule has 1 N–H and O–H groups in total. The van der Waals surface area contributed by atoms with Gasteiger partial charge in [-0.3, -0.25) is 4.99 Å². The second-order valence-corrected chi connectivity index (χ2v) is 6.59. The number of rotatable bonds is 3. The van der Waals surface area contributed by atoms with Crippen LogP contribution in [-0.4, -0.2) is 17.0 Å². The number of hydrogen-bond acceptors (Lipinski definition) is 3. The predicted molar refractivity (Wildman–Crippen MR) is 86.6 cm³/mol. The lowest BCUT2D eigenvalue weighted by Crippen LogP contribution is -2.29. The Hall–Kier alpha value is -0.380. The molecule has 1 aliphatic rings. The minimum absolute atomic E-state index is 0.131. The van der Waals surface area contributed by atoms with Gasteiger partial charge < -0.3 is 5.32 Å². The topological polar surface area (TPSA) is 24.4 Å². The van der Waals surface area contributed by atoms with E-state index in [4.69, 9.17) is 28.2 Å². The van der Waals surface area contributed by atoms with Gasteiger partial charge in [-0.15, -0.1) is 0 Å². The van der Waals surface area contributed by atoms with Crippen molar-refractivity contribution < 1.29 is 0 Å². The number of nitrogens with zero attached hydrogens (tertiary/aromatic N) is 1. The fourth-order valence-corrected chi connectivity index (χ4v) is 3.69. The van der Waals surface area contributed by atoms with Crippen molar-refractivity contribution in [3.8, 4) is 0 Å². The van der Waals surface area contributed by atoms with Gasteiger partial charge in [0.2, 0.25) is 0 Å². The SMILES string of the molecule is CCC1CCSC(NC(C)c2ccc(Cl)cc2Cl)=N1. The third kappa shape index (κ3) is 4.04. The van der Waals surface area contributed by atoms with Crippen molar-refractivity contribution >= 4 is 40.1 Å². The van der Waals surface area contributed by atoms with Crippen LogP contribution in [0, 0.1) is 0 Å². The summed E-state index contributed by atoms with van der Waals surface area (Å²) in [6.07, 6.45) is 2.27. The van der Waals surface area contributed by atoms with Gasteiger partial charge in [-0.05, 0) is 37.5 Å². The van der Waals surface area contributed by atoms with Crippen molar-refractivity contribution in [2.45, 2.75) is 38.8 Å². The number of halogens is 2. The number of amidine groups is 1. The van der Waals surface area contributed by atoms with E-state index in [-0.39, 0.29) is 6.04 Å². The molecule has 104 valence electrons. The van der Waals surface area contributed by atoms with Gasteiger partial charge in [-0.2, -0.15) is 0 Å². The summed E-state index contributed by atoms with van der Waals surface area (Å²) in [5, 5.41) is 5.83. The molecule has 1 aliphatic heterocycles. The summed E-state index contributed by atoms with van der Waals surface area (Å²) in [5.74, 6) is 1.13. The second-order valence-electron chi connectivity index (χ2n) is 4.67. The normalized spacial score (nSPS) is 20.8. The molecule has 2 unspecified atom stereocenters. The summed E-state index contributed by atoms with van der Waals surface area (Å²) in [6, 6.07) is 6.20. The fourth-order valence-electron chi connectivity index (χ4n) is 2.05. The van der Waals surface area contributed by atoms with Gasteiger partial charge in [0.1, 0.15) is 0 Å². The Bertz CT molecular complexity index is 477. The van der Waals surface area contributed by atoms with Crippen molar-refractivity contribution in [1.29, 1.82) is 0 Å². The molecule has 1 heterocycles. The molecule has 0 saturated carbocycles. The molecule has 0 fully saturated rings. The van der Waals surface area contributed by atoms with Crippen LogP contribution in [0.25, 0.3) is 0 Å². The van der Waals surface area contributed by atoms with Gasteiger partial charge in [-0.25, -0.2) is 0 Å². The van der Waals surface area contributed by atoms with Crippen LogP contribution in [0.1, 0.15) is 38.3 Å². The minimum Gasteiger partial charge on any atom is -0.358 e. The highest BCUT2D eigenvalue weighted by atomic mass is 35.5. The molecule has 2 atom stereocenters. The first-order valence-electron chi connectivity index (χ1n) is 6.52. The molecule has 0 amide bonds. The van der Waals surface area contributed by atoms with Crippen molar-refractivity contribution in [2.24, 2.45) is 4.99 Å². The number of thioether (sulfide) groups is 1. The van der Waals surface area contributed by atoms with Crippen molar-refractivity contribution in [3.05, 3.63) is 33.8 Å². The Kier molecular flexibility index (Phi) is 5.43. The minimum atomic E-state index is 0.131. The zero-order valence-electron chi connectivity index (χ0n) is 11.1. The zero-order chi connectivity index (χ0) is 13.8. The molecule has 0 spiro atoms. The van der Waals surface area contributed by atoms with Crippen LogP contribution in [-0.2, 0) is 0 Å². The van der Waals surface area contributed by atoms with Crippen LogP contribution in [0.2, 0.25) is 10.0 Å². The average Bonchev–Trinajstić information content (AvgIpc) is 2.38. The van der Waals surface area contributed by atoms with E-state index in [0.717, 1.165) is 22.9 Å². The molecule has 0 saturated heterocycles. The van der Waals surface area contributed by atoms with Crippen LogP contribution in [0.4, 0.5) is 0 Å². The summed E-state index contributed by atoms with van der Waals surface area (Å²) in [5.41, 5.74) is 1.05. The number of aliphatic imine (C=N–C) groups is 1. The molecule has 1 aromatic rings. The van der Waals surface area contributed by atoms with E-state index < -0.39 is 0 Å². The van der Waals surface area contributed by atoms with E-state index in [1.807, 2.05) is 12.1 Å². The van der Waals surface area contributed by atoms with E-state index in [2.05, 4.69) is 19.2 Å². The van der Waals surface area contributed by atoms with Gasteiger partial charge in [0.15, 0.2) is 5.17 Å². The molecular weight excluding hydrogens is 299 g/mol. The highest BCUT2D eigenvalue weighted by molar-refractivity contribution is 8.13. The van der Waals surface area contributed by atoms with Crippen molar-refractivity contribution in [1.82, 2.24) is 5.32 Å². The number of nitrogens with one attached hydrogen (secondary N) is 1. The molecule has 1 aromatic carbocycles. The van der Waals surface area contributed by atoms with Gasteiger partial charge in [-0.1, -0.05) is 48.0 Å². The molecular formula is C14H18Cl2N2S. The van der Waals surface area contributed by atoms with Crippen LogP contribution >= 0.6 is 35.0 Å². The fraction of sp³-hybridized carbons (Fsp3) is 0.500. The second kappa shape index (κ2) is 6.87. The summed E-state index contributed by atoms with van der Waals surface area (Å²) in [7, 11) is 0. The molecule has 0 bridgehead atoms. The third-order valence-electron chi connectivity index (χ3n) is 3.23. The molecule has 0 radical (unpaired) electrons. The van der Waals surface area contributed by atoms with Crippen LogP contribution in [0.15, 0.2) is 23.2 Å². The van der Waals surface area contributed by atoms with E-state index in [1.165, 1.54) is 6.42 Å². The maximum atomic E-state index is 6.23. The van der Waals surface area contributed by atoms with Crippen LogP contribution < -0.4 is 5.32 Å². The quantitative estimate of drug-likeness (QED) is 0.856. The third-order valence-corrected chi connectivity index (χ3v) is 4.73. The summed E-state index contributed by atoms with van der Waals surface area (Å²) in [6.45, 7) is 4.27. The maximum absolute atomic E-state index is 6.23. The Morgan fingerprint density at radius 1 is 1.47 bits per heavy atom. The van der Waals surface area contributed by atoms with E-state index in [9.17, 15) is 0 Å². The van der Waals surface area contributed by atoms with Crippen LogP contribution in [0.3, 0.4) is 0 Å². The van der Waals surface area contributed by atoms with E-state index >= 15 is 0 Å². The summed E-state index contributed by atoms with van der Waals surface area (Å²) < 4.78 is 0. The first kappa shape index (κ1) is 15.0. The van der Waals surface area contributed by atoms with Crippen LogP contribution in [0.5, 0.6) is 0 Å². The summed E-state index contributed by atoms with van der Waals surface area (Å²) in [4.78, 5) is 4.71. The van der Waals surface area contributed by atoms with Gasteiger partial charge >= 0.3 is 0 Å². The van der Waals surface area contributed by atoms with Crippen molar-refractivity contribution in [3.63, 3.8) is 0 Å². The Balaban J connectivity index is 2.08. The molecule has 2 rings (SSSR count). The molecule has 19 heavy (non-hydrogen) atoms. The van der Waals surface area contributed by atoms with Gasteiger partial charge in [0, 0.05) is 15.8 Å². The smallest absolute Gasteiger partial charge is 0.157 e.